The molecular formula is C19H25N5O2S. The fourth-order valence-corrected chi connectivity index (χ4v) is 5.11. The van der Waals surface area contributed by atoms with Gasteiger partial charge >= 0.3 is 0 Å². The first-order valence-corrected chi connectivity index (χ1v) is 10.9. The van der Waals surface area contributed by atoms with Crippen LogP contribution in [0.2, 0.25) is 0 Å². The molecule has 0 N–H and O–H groups in total. The van der Waals surface area contributed by atoms with Gasteiger partial charge in [-0.3, -0.25) is 9.88 Å². The molecule has 0 bridgehead atoms. The molecule has 0 spiro atoms. The van der Waals surface area contributed by atoms with Gasteiger partial charge in [0.1, 0.15) is 10.7 Å². The Morgan fingerprint density at radius 1 is 0.889 bits per heavy atom. The minimum Gasteiger partial charge on any atom is -0.354 e. The van der Waals surface area contributed by atoms with E-state index in [-0.39, 0.29) is 0 Å². The molecule has 144 valence electrons. The fourth-order valence-electron chi connectivity index (χ4n) is 3.65. The normalized spacial score (nSPS) is 19.5. The van der Waals surface area contributed by atoms with Crippen LogP contribution in [0, 0.1) is 0 Å². The summed E-state index contributed by atoms with van der Waals surface area (Å²) >= 11 is 0. The van der Waals surface area contributed by atoms with Gasteiger partial charge in [-0.1, -0.05) is 6.07 Å². The molecule has 0 aliphatic carbocycles. The molecule has 0 saturated carbocycles. The number of sulfonamides is 1. The Morgan fingerprint density at radius 3 is 2.30 bits per heavy atom. The van der Waals surface area contributed by atoms with E-state index in [2.05, 4.69) is 19.8 Å². The van der Waals surface area contributed by atoms with Gasteiger partial charge in [-0.25, -0.2) is 13.4 Å². The zero-order valence-corrected chi connectivity index (χ0v) is 16.2. The lowest BCUT2D eigenvalue weighted by molar-refractivity contribution is 0.246. The van der Waals surface area contributed by atoms with E-state index >= 15 is 0 Å². The summed E-state index contributed by atoms with van der Waals surface area (Å²) in [6, 6.07) is 9.52. The molecule has 0 aromatic carbocycles. The van der Waals surface area contributed by atoms with Crippen molar-refractivity contribution >= 4 is 15.8 Å². The van der Waals surface area contributed by atoms with Crippen molar-refractivity contribution in [2.45, 2.75) is 24.3 Å². The quantitative estimate of drug-likeness (QED) is 0.776. The van der Waals surface area contributed by atoms with Crippen LogP contribution >= 0.6 is 0 Å². The second-order valence-electron chi connectivity index (χ2n) is 7.05. The van der Waals surface area contributed by atoms with Crippen LogP contribution in [0.5, 0.6) is 0 Å². The van der Waals surface area contributed by atoms with Crippen molar-refractivity contribution in [2.24, 2.45) is 0 Å². The van der Waals surface area contributed by atoms with Gasteiger partial charge in [-0.05, 0) is 37.1 Å². The Bertz CT molecular complexity index is 843. The Balaban J connectivity index is 1.36. The highest BCUT2D eigenvalue weighted by molar-refractivity contribution is 7.89. The standard InChI is InChI=1S/C19H25N5O2S/c25-27(26,24-9-3-4-10-24)18-6-7-19(21-15-18)23-13-11-22(12-14-23)16-17-5-1-2-8-20-17/h1-2,5-8,15H,3-4,9-14,16H2. The van der Waals surface area contributed by atoms with Crippen molar-refractivity contribution in [1.29, 1.82) is 0 Å². The number of anilines is 1. The summed E-state index contributed by atoms with van der Waals surface area (Å²) < 4.78 is 26.8. The average molecular weight is 388 g/mol. The highest BCUT2D eigenvalue weighted by atomic mass is 32.2. The zero-order chi connectivity index (χ0) is 18.7. The maximum atomic E-state index is 12.6. The summed E-state index contributed by atoms with van der Waals surface area (Å²) in [6.45, 7) is 5.70. The van der Waals surface area contributed by atoms with Gasteiger partial charge in [0.25, 0.3) is 0 Å². The van der Waals surface area contributed by atoms with E-state index in [0.29, 0.717) is 18.0 Å². The molecule has 0 radical (unpaired) electrons. The Morgan fingerprint density at radius 2 is 1.67 bits per heavy atom. The van der Waals surface area contributed by atoms with Crippen LogP contribution in [0.15, 0.2) is 47.6 Å². The number of nitrogens with zero attached hydrogens (tertiary/aromatic N) is 5. The van der Waals surface area contributed by atoms with Gasteiger partial charge < -0.3 is 4.90 Å². The van der Waals surface area contributed by atoms with Crippen LogP contribution in [-0.4, -0.2) is 66.9 Å². The van der Waals surface area contributed by atoms with Gasteiger partial charge in [0.2, 0.25) is 10.0 Å². The molecule has 2 aliphatic rings. The zero-order valence-electron chi connectivity index (χ0n) is 15.4. The molecule has 0 unspecified atom stereocenters. The topological polar surface area (TPSA) is 69.6 Å². The van der Waals surface area contributed by atoms with Gasteiger partial charge in [0, 0.05) is 58.2 Å². The number of hydrogen-bond donors (Lipinski definition) is 0. The SMILES string of the molecule is O=S(=O)(c1ccc(N2CCN(Cc3ccccn3)CC2)nc1)N1CCCC1. The third-order valence-corrected chi connectivity index (χ3v) is 7.11. The molecular weight excluding hydrogens is 362 g/mol. The summed E-state index contributed by atoms with van der Waals surface area (Å²) in [6.07, 6.45) is 5.21. The van der Waals surface area contributed by atoms with E-state index in [0.717, 1.165) is 57.1 Å². The number of rotatable bonds is 5. The Hall–Kier alpha value is -2.03. The molecule has 4 heterocycles. The molecule has 2 aromatic rings. The molecule has 4 rings (SSSR count). The molecule has 27 heavy (non-hydrogen) atoms. The minimum absolute atomic E-state index is 0.293. The van der Waals surface area contributed by atoms with Crippen molar-refractivity contribution in [1.82, 2.24) is 19.2 Å². The molecule has 0 atom stereocenters. The fraction of sp³-hybridized carbons (Fsp3) is 0.474. The number of piperazine rings is 1. The minimum atomic E-state index is -3.39. The van der Waals surface area contributed by atoms with E-state index in [1.165, 1.54) is 6.20 Å². The predicted molar refractivity (Wildman–Crippen MR) is 104 cm³/mol. The first-order valence-electron chi connectivity index (χ1n) is 9.46. The average Bonchev–Trinajstić information content (AvgIpc) is 3.25. The molecule has 2 aliphatic heterocycles. The van der Waals surface area contributed by atoms with Crippen LogP contribution < -0.4 is 4.90 Å². The van der Waals surface area contributed by atoms with E-state index in [1.807, 2.05) is 30.5 Å². The van der Waals surface area contributed by atoms with Gasteiger partial charge in [-0.2, -0.15) is 4.31 Å². The third-order valence-electron chi connectivity index (χ3n) is 5.23. The lowest BCUT2D eigenvalue weighted by atomic mass is 10.2. The summed E-state index contributed by atoms with van der Waals surface area (Å²) in [4.78, 5) is 13.7. The van der Waals surface area contributed by atoms with E-state index in [9.17, 15) is 8.42 Å². The van der Waals surface area contributed by atoms with Crippen LogP contribution in [0.1, 0.15) is 18.5 Å². The summed E-state index contributed by atoms with van der Waals surface area (Å²) in [5.74, 6) is 0.841. The predicted octanol–water partition coefficient (Wildman–Crippen LogP) is 1.58. The lowest BCUT2D eigenvalue weighted by Gasteiger charge is -2.35. The van der Waals surface area contributed by atoms with Gasteiger partial charge in [0.15, 0.2) is 0 Å². The first-order chi connectivity index (χ1) is 13.1. The smallest absolute Gasteiger partial charge is 0.244 e. The highest BCUT2D eigenvalue weighted by Gasteiger charge is 2.27. The monoisotopic (exact) mass is 387 g/mol. The van der Waals surface area contributed by atoms with Crippen LogP contribution in [0.3, 0.4) is 0 Å². The maximum Gasteiger partial charge on any atom is 0.244 e. The van der Waals surface area contributed by atoms with Crippen LogP contribution in [0.4, 0.5) is 5.82 Å². The number of hydrogen-bond acceptors (Lipinski definition) is 6. The second kappa shape index (κ2) is 7.92. The van der Waals surface area contributed by atoms with Crippen molar-refractivity contribution in [2.75, 3.05) is 44.2 Å². The summed E-state index contributed by atoms with van der Waals surface area (Å²) in [5.41, 5.74) is 1.08. The van der Waals surface area contributed by atoms with Crippen molar-refractivity contribution in [3.05, 3.63) is 48.4 Å². The molecule has 2 saturated heterocycles. The second-order valence-corrected chi connectivity index (χ2v) is 8.99. The lowest BCUT2D eigenvalue weighted by Crippen LogP contribution is -2.46. The van der Waals surface area contributed by atoms with Crippen molar-refractivity contribution < 1.29 is 8.42 Å². The Labute approximate surface area is 160 Å². The van der Waals surface area contributed by atoms with Crippen molar-refractivity contribution in [3.63, 3.8) is 0 Å². The number of pyridine rings is 2. The Kier molecular flexibility index (Phi) is 5.38. The van der Waals surface area contributed by atoms with Crippen LogP contribution in [-0.2, 0) is 16.6 Å². The first kappa shape index (κ1) is 18.3. The number of aromatic nitrogens is 2. The molecule has 2 aromatic heterocycles. The maximum absolute atomic E-state index is 12.6. The van der Waals surface area contributed by atoms with E-state index < -0.39 is 10.0 Å². The molecule has 2 fully saturated rings. The summed E-state index contributed by atoms with van der Waals surface area (Å²) in [5, 5.41) is 0. The highest BCUT2D eigenvalue weighted by Crippen LogP contribution is 2.22. The van der Waals surface area contributed by atoms with Crippen LogP contribution in [0.25, 0.3) is 0 Å². The molecule has 0 amide bonds. The summed E-state index contributed by atoms with van der Waals surface area (Å²) in [7, 11) is -3.39. The van der Waals surface area contributed by atoms with Gasteiger partial charge in [0.05, 0.1) is 5.69 Å². The van der Waals surface area contributed by atoms with E-state index in [4.69, 9.17) is 0 Å². The van der Waals surface area contributed by atoms with Gasteiger partial charge in [-0.15, -0.1) is 0 Å². The third kappa shape index (κ3) is 4.12. The molecule has 7 nitrogen and oxygen atoms in total. The van der Waals surface area contributed by atoms with E-state index in [1.54, 1.807) is 10.4 Å². The molecule has 8 heteroatoms. The van der Waals surface area contributed by atoms with Crippen molar-refractivity contribution in [3.8, 4) is 0 Å². The largest absolute Gasteiger partial charge is 0.354 e.